The number of piperazine rings is 1. The Bertz CT molecular complexity index is 891. The normalized spacial score (nSPS) is 16.0. The molecule has 2 aromatic carbocycles. The van der Waals surface area contributed by atoms with Crippen LogP contribution in [0.4, 0.5) is 0 Å². The summed E-state index contributed by atoms with van der Waals surface area (Å²) in [7, 11) is -3.55. The summed E-state index contributed by atoms with van der Waals surface area (Å²) < 4.78 is 27.1. The number of hydrogen-bond donors (Lipinski definition) is 0. The minimum Gasteiger partial charge on any atom is -0.336 e. The number of rotatable bonds is 3. The Kier molecular flexibility index (Phi) is 5.13. The summed E-state index contributed by atoms with van der Waals surface area (Å²) in [5.41, 5.74) is 1.16. The average molecular weight is 379 g/mol. The Morgan fingerprint density at radius 3 is 2.20 bits per heavy atom. The first-order valence-corrected chi connectivity index (χ1v) is 9.82. The molecule has 0 aliphatic carbocycles. The lowest BCUT2D eigenvalue weighted by Crippen LogP contribution is -2.50. The van der Waals surface area contributed by atoms with E-state index in [0.717, 1.165) is 5.56 Å². The number of carbonyl (C=O) groups excluding carboxylic acids is 1. The highest BCUT2D eigenvalue weighted by atomic mass is 35.5. The van der Waals surface area contributed by atoms with Crippen LogP contribution in [0.2, 0.25) is 5.02 Å². The monoisotopic (exact) mass is 378 g/mol. The Morgan fingerprint density at radius 1 is 0.960 bits per heavy atom. The molecular weight excluding hydrogens is 360 g/mol. The molecule has 0 atom stereocenters. The van der Waals surface area contributed by atoms with Crippen LogP contribution in [-0.4, -0.2) is 49.7 Å². The maximum Gasteiger partial charge on any atom is 0.255 e. The summed E-state index contributed by atoms with van der Waals surface area (Å²) >= 11 is 6.08. The molecule has 2 aromatic rings. The molecule has 5 nitrogen and oxygen atoms in total. The number of carbonyl (C=O) groups is 1. The summed E-state index contributed by atoms with van der Waals surface area (Å²) in [6.45, 7) is 3.01. The largest absolute Gasteiger partial charge is 0.336 e. The zero-order chi connectivity index (χ0) is 18.0. The van der Waals surface area contributed by atoms with Crippen molar-refractivity contribution in [2.24, 2.45) is 0 Å². The second-order valence-corrected chi connectivity index (χ2v) is 8.26. The third-order valence-electron chi connectivity index (χ3n) is 4.34. The third-order valence-corrected chi connectivity index (χ3v) is 6.73. The van der Waals surface area contributed by atoms with Crippen molar-refractivity contribution in [2.45, 2.75) is 11.8 Å². The predicted molar refractivity (Wildman–Crippen MR) is 97.3 cm³/mol. The van der Waals surface area contributed by atoms with Crippen LogP contribution < -0.4 is 0 Å². The van der Waals surface area contributed by atoms with E-state index >= 15 is 0 Å². The van der Waals surface area contributed by atoms with Gasteiger partial charge in [-0.3, -0.25) is 4.79 Å². The lowest BCUT2D eigenvalue weighted by Gasteiger charge is -2.34. The first-order chi connectivity index (χ1) is 11.9. The Hall–Kier alpha value is -1.89. The highest BCUT2D eigenvalue weighted by Gasteiger charge is 2.31. The number of nitrogens with zero attached hydrogens (tertiary/aromatic N) is 2. The number of halogens is 1. The second-order valence-electron chi connectivity index (χ2n) is 5.94. The standard InChI is InChI=1S/C18H19ClN2O3S/c1-14-6-2-5-9-17(14)25(23,24)21-12-10-20(11-13-21)18(22)15-7-3-4-8-16(15)19/h2-9H,10-13H2,1H3. The highest BCUT2D eigenvalue weighted by molar-refractivity contribution is 7.89. The van der Waals surface area contributed by atoms with Crippen LogP contribution in [0.15, 0.2) is 53.4 Å². The molecule has 0 unspecified atom stereocenters. The first kappa shape index (κ1) is 17.9. The van der Waals surface area contributed by atoms with Gasteiger partial charge in [0.25, 0.3) is 5.91 Å². The molecule has 1 heterocycles. The lowest BCUT2D eigenvalue weighted by atomic mass is 10.2. The van der Waals surface area contributed by atoms with Crippen molar-refractivity contribution in [1.82, 2.24) is 9.21 Å². The van der Waals surface area contributed by atoms with Gasteiger partial charge in [-0.25, -0.2) is 8.42 Å². The molecule has 0 aromatic heterocycles. The highest BCUT2D eigenvalue weighted by Crippen LogP contribution is 2.22. The molecule has 1 saturated heterocycles. The van der Waals surface area contributed by atoms with Crippen LogP contribution in [0.1, 0.15) is 15.9 Å². The van der Waals surface area contributed by atoms with E-state index in [1.54, 1.807) is 54.3 Å². The van der Waals surface area contributed by atoms with Gasteiger partial charge in [0.2, 0.25) is 10.0 Å². The topological polar surface area (TPSA) is 57.7 Å². The van der Waals surface area contributed by atoms with Gasteiger partial charge in [0.05, 0.1) is 15.5 Å². The van der Waals surface area contributed by atoms with Gasteiger partial charge in [0.15, 0.2) is 0 Å². The zero-order valence-corrected chi connectivity index (χ0v) is 15.4. The Labute approximate surface area is 152 Å². The van der Waals surface area contributed by atoms with Crippen LogP contribution >= 0.6 is 11.6 Å². The summed E-state index contributed by atoms with van der Waals surface area (Å²) in [6, 6.07) is 13.8. The molecule has 0 saturated carbocycles. The van der Waals surface area contributed by atoms with E-state index in [1.165, 1.54) is 4.31 Å². The molecule has 1 amide bonds. The van der Waals surface area contributed by atoms with Gasteiger partial charge < -0.3 is 4.90 Å². The maximum atomic E-state index is 12.8. The van der Waals surface area contributed by atoms with Crippen molar-refractivity contribution in [1.29, 1.82) is 0 Å². The quantitative estimate of drug-likeness (QED) is 0.825. The lowest BCUT2D eigenvalue weighted by molar-refractivity contribution is 0.0698. The molecular formula is C18H19ClN2O3S. The minimum atomic E-state index is -3.55. The maximum absolute atomic E-state index is 12.8. The number of sulfonamides is 1. The Balaban J connectivity index is 1.73. The molecule has 0 radical (unpaired) electrons. The van der Waals surface area contributed by atoms with Gasteiger partial charge in [0.1, 0.15) is 0 Å². The first-order valence-electron chi connectivity index (χ1n) is 8.01. The molecule has 7 heteroatoms. The van der Waals surface area contributed by atoms with Gasteiger partial charge >= 0.3 is 0 Å². The number of aryl methyl sites for hydroxylation is 1. The average Bonchev–Trinajstić information content (AvgIpc) is 2.62. The van der Waals surface area contributed by atoms with Crippen molar-refractivity contribution >= 4 is 27.5 Å². The van der Waals surface area contributed by atoms with Crippen molar-refractivity contribution in [3.63, 3.8) is 0 Å². The van der Waals surface area contributed by atoms with Gasteiger partial charge in [-0.2, -0.15) is 4.31 Å². The van der Waals surface area contributed by atoms with Crippen LogP contribution in [0.5, 0.6) is 0 Å². The number of hydrogen-bond acceptors (Lipinski definition) is 3. The fourth-order valence-corrected chi connectivity index (χ4v) is 4.79. The Morgan fingerprint density at radius 2 is 1.56 bits per heavy atom. The van der Waals surface area contributed by atoms with Crippen molar-refractivity contribution in [2.75, 3.05) is 26.2 Å². The third kappa shape index (κ3) is 3.56. The van der Waals surface area contributed by atoms with E-state index in [-0.39, 0.29) is 19.0 Å². The van der Waals surface area contributed by atoms with Crippen molar-refractivity contribution in [3.05, 3.63) is 64.7 Å². The molecule has 1 fully saturated rings. The minimum absolute atomic E-state index is 0.168. The fraction of sp³-hybridized carbons (Fsp3) is 0.278. The van der Waals surface area contributed by atoms with E-state index in [4.69, 9.17) is 11.6 Å². The molecule has 1 aliphatic rings. The smallest absolute Gasteiger partial charge is 0.255 e. The SMILES string of the molecule is Cc1ccccc1S(=O)(=O)N1CCN(C(=O)c2ccccc2Cl)CC1. The van der Waals surface area contributed by atoms with E-state index in [2.05, 4.69) is 0 Å². The summed E-state index contributed by atoms with van der Waals surface area (Å²) in [5, 5.41) is 0.405. The van der Waals surface area contributed by atoms with E-state index < -0.39 is 10.0 Å². The van der Waals surface area contributed by atoms with Crippen LogP contribution in [0, 0.1) is 6.92 Å². The van der Waals surface area contributed by atoms with Crippen LogP contribution in [0.25, 0.3) is 0 Å². The molecule has 0 spiro atoms. The molecule has 0 N–H and O–H groups in total. The summed E-state index contributed by atoms with van der Waals surface area (Å²) in [5.74, 6) is -0.168. The fourth-order valence-electron chi connectivity index (χ4n) is 2.92. The van der Waals surface area contributed by atoms with Gasteiger partial charge in [-0.05, 0) is 30.7 Å². The van der Waals surface area contributed by atoms with Crippen LogP contribution in [0.3, 0.4) is 0 Å². The number of benzene rings is 2. The molecule has 1 aliphatic heterocycles. The molecule has 25 heavy (non-hydrogen) atoms. The summed E-state index contributed by atoms with van der Waals surface area (Å²) in [6.07, 6.45) is 0. The van der Waals surface area contributed by atoms with E-state index in [0.29, 0.717) is 28.6 Å². The van der Waals surface area contributed by atoms with E-state index in [9.17, 15) is 13.2 Å². The number of amides is 1. The second kappa shape index (κ2) is 7.15. The van der Waals surface area contributed by atoms with Crippen molar-refractivity contribution < 1.29 is 13.2 Å². The molecule has 0 bridgehead atoms. The zero-order valence-electron chi connectivity index (χ0n) is 13.9. The predicted octanol–water partition coefficient (Wildman–Crippen LogP) is 2.80. The van der Waals surface area contributed by atoms with Gasteiger partial charge in [-0.15, -0.1) is 0 Å². The van der Waals surface area contributed by atoms with Crippen LogP contribution in [-0.2, 0) is 10.0 Å². The molecule has 3 rings (SSSR count). The van der Waals surface area contributed by atoms with Crippen molar-refractivity contribution in [3.8, 4) is 0 Å². The summed E-state index contributed by atoms with van der Waals surface area (Å²) in [4.78, 5) is 14.5. The van der Waals surface area contributed by atoms with E-state index in [1.807, 2.05) is 6.07 Å². The molecule has 132 valence electrons. The van der Waals surface area contributed by atoms with Gasteiger partial charge in [-0.1, -0.05) is 41.9 Å². The van der Waals surface area contributed by atoms with Gasteiger partial charge in [0, 0.05) is 26.2 Å².